The predicted molar refractivity (Wildman–Crippen MR) is 162 cm³/mol. The Hall–Kier alpha value is -4.64. The van der Waals surface area contributed by atoms with Crippen molar-refractivity contribution in [1.82, 2.24) is 10.3 Å². The Morgan fingerprint density at radius 2 is 1.59 bits per heavy atom. The molecule has 44 heavy (non-hydrogen) atoms. The summed E-state index contributed by atoms with van der Waals surface area (Å²) in [5, 5.41) is 2.57. The van der Waals surface area contributed by atoms with Gasteiger partial charge in [-0.05, 0) is 56.5 Å². The average Bonchev–Trinajstić information content (AvgIpc) is 3.02. The molecule has 1 aromatic heterocycles. The van der Waals surface area contributed by atoms with Gasteiger partial charge in [-0.25, -0.2) is 9.78 Å². The van der Waals surface area contributed by atoms with Gasteiger partial charge in [-0.15, -0.1) is 0 Å². The fraction of sp³-hybridized carbons (Fsp3) is 0.394. The van der Waals surface area contributed by atoms with E-state index in [0.29, 0.717) is 25.2 Å². The number of aromatic nitrogens is 1. The van der Waals surface area contributed by atoms with Crippen LogP contribution >= 0.6 is 0 Å². The summed E-state index contributed by atoms with van der Waals surface area (Å²) in [6, 6.07) is 17.5. The van der Waals surface area contributed by atoms with Crippen LogP contribution in [0.3, 0.4) is 0 Å². The Morgan fingerprint density at radius 3 is 2.20 bits per heavy atom. The zero-order valence-electron chi connectivity index (χ0n) is 25.9. The van der Waals surface area contributed by atoms with Gasteiger partial charge in [0.2, 0.25) is 5.75 Å². The van der Waals surface area contributed by atoms with Gasteiger partial charge in [0.15, 0.2) is 11.4 Å². The molecule has 3 rings (SSSR count). The molecule has 0 saturated heterocycles. The maximum Gasteiger partial charge on any atom is 0.328 e. The van der Waals surface area contributed by atoms with Crippen molar-refractivity contribution in [3.63, 3.8) is 0 Å². The zero-order valence-corrected chi connectivity index (χ0v) is 25.9. The van der Waals surface area contributed by atoms with Crippen molar-refractivity contribution in [3.05, 3.63) is 78.1 Å². The molecule has 0 spiro atoms. The number of nitrogens with one attached hydrogen (secondary N) is 1. The SMILES string of the molecule is COCC[C@H](Cc1ccc(OC)cc1)[C@@H](Oc1ccccc1)[C@H](C)OC(=O)[C@H](C)NC(=O)c1nccc(OC)c1OC(C)=O. The molecule has 11 nitrogen and oxygen atoms in total. The van der Waals surface area contributed by atoms with E-state index in [1.807, 2.05) is 54.6 Å². The summed E-state index contributed by atoms with van der Waals surface area (Å²) < 4.78 is 33.4. The normalized spacial score (nSPS) is 13.5. The average molecular weight is 609 g/mol. The molecule has 3 aromatic rings. The van der Waals surface area contributed by atoms with Crippen molar-refractivity contribution in [1.29, 1.82) is 0 Å². The van der Waals surface area contributed by atoms with E-state index in [9.17, 15) is 14.4 Å². The van der Waals surface area contributed by atoms with Gasteiger partial charge in [0.05, 0.1) is 14.2 Å². The van der Waals surface area contributed by atoms with Crippen molar-refractivity contribution < 1.29 is 42.8 Å². The number of amides is 1. The van der Waals surface area contributed by atoms with Gasteiger partial charge in [0.25, 0.3) is 5.91 Å². The van der Waals surface area contributed by atoms with E-state index >= 15 is 0 Å². The minimum absolute atomic E-state index is 0.108. The number of hydrogen-bond acceptors (Lipinski definition) is 10. The summed E-state index contributed by atoms with van der Waals surface area (Å²) in [6.07, 6.45) is 1.32. The number of benzene rings is 2. The first-order valence-electron chi connectivity index (χ1n) is 14.2. The number of para-hydroxylation sites is 1. The number of ether oxygens (including phenoxy) is 6. The van der Waals surface area contributed by atoms with Gasteiger partial charge in [-0.1, -0.05) is 30.3 Å². The van der Waals surface area contributed by atoms with E-state index in [1.165, 1.54) is 33.2 Å². The van der Waals surface area contributed by atoms with Gasteiger partial charge < -0.3 is 33.7 Å². The maximum atomic E-state index is 13.3. The third-order valence-electron chi connectivity index (χ3n) is 6.84. The number of carbonyl (C=O) groups is 3. The molecule has 236 valence electrons. The molecule has 0 unspecified atom stereocenters. The lowest BCUT2D eigenvalue weighted by molar-refractivity contribution is -0.156. The number of pyridine rings is 1. The van der Waals surface area contributed by atoms with Crippen LogP contribution in [0.5, 0.6) is 23.0 Å². The van der Waals surface area contributed by atoms with Crippen LogP contribution in [0.1, 0.15) is 43.2 Å². The van der Waals surface area contributed by atoms with Crippen LogP contribution in [-0.2, 0) is 25.5 Å². The Kier molecular flexibility index (Phi) is 13.0. The highest BCUT2D eigenvalue weighted by molar-refractivity contribution is 5.98. The van der Waals surface area contributed by atoms with E-state index in [0.717, 1.165) is 11.3 Å². The highest BCUT2D eigenvalue weighted by Gasteiger charge is 2.33. The van der Waals surface area contributed by atoms with Crippen molar-refractivity contribution in [3.8, 4) is 23.0 Å². The summed E-state index contributed by atoms with van der Waals surface area (Å²) in [6.45, 7) is 4.92. The van der Waals surface area contributed by atoms with Gasteiger partial charge >= 0.3 is 11.9 Å². The van der Waals surface area contributed by atoms with Crippen LogP contribution < -0.4 is 24.3 Å². The second-order valence-corrected chi connectivity index (χ2v) is 10.1. The van der Waals surface area contributed by atoms with Crippen LogP contribution in [-0.4, -0.2) is 69.0 Å². The van der Waals surface area contributed by atoms with Crippen molar-refractivity contribution in [2.24, 2.45) is 5.92 Å². The Balaban J connectivity index is 1.80. The molecule has 0 aliphatic rings. The minimum atomic E-state index is -1.07. The van der Waals surface area contributed by atoms with Crippen molar-refractivity contribution in [2.75, 3.05) is 27.9 Å². The number of nitrogens with zero attached hydrogens (tertiary/aromatic N) is 1. The van der Waals surface area contributed by atoms with Gasteiger partial charge in [-0.3, -0.25) is 9.59 Å². The number of methoxy groups -OCH3 is 3. The van der Waals surface area contributed by atoms with Gasteiger partial charge in [0.1, 0.15) is 29.7 Å². The lowest BCUT2D eigenvalue weighted by Gasteiger charge is -2.33. The Labute approximate surface area is 257 Å². The molecular weight excluding hydrogens is 568 g/mol. The number of esters is 2. The standard InChI is InChI=1S/C33H40N2O9/c1-21(35-32(37)29-31(43-23(3)36)28(41-6)16-18-34-29)33(38)42-22(2)30(44-27-10-8-7-9-11-27)25(17-19-39-4)20-24-12-14-26(40-5)15-13-24/h7-16,18,21-22,25,30H,17,19-20H2,1-6H3,(H,35,37)/t21-,22-,25+,30-/m0/s1. The molecule has 11 heteroatoms. The summed E-state index contributed by atoms with van der Waals surface area (Å²) in [5.74, 6) is -0.819. The van der Waals surface area contributed by atoms with Crippen molar-refractivity contribution in [2.45, 2.75) is 51.9 Å². The number of carbonyl (C=O) groups excluding carboxylic acids is 3. The van der Waals surface area contributed by atoms with Crippen LogP contribution in [0.25, 0.3) is 0 Å². The highest BCUT2D eigenvalue weighted by atomic mass is 16.6. The maximum absolute atomic E-state index is 13.3. The summed E-state index contributed by atoms with van der Waals surface area (Å²) in [4.78, 5) is 42.0. The zero-order chi connectivity index (χ0) is 32.1. The van der Waals surface area contributed by atoms with Crippen LogP contribution in [0.4, 0.5) is 0 Å². The van der Waals surface area contributed by atoms with Crippen LogP contribution in [0.2, 0.25) is 0 Å². The third kappa shape index (κ3) is 9.70. The third-order valence-corrected chi connectivity index (χ3v) is 6.84. The summed E-state index contributed by atoms with van der Waals surface area (Å²) in [5.41, 5.74) is 0.846. The predicted octanol–water partition coefficient (Wildman–Crippen LogP) is 4.42. The second kappa shape index (κ2) is 16.9. The topological polar surface area (TPSA) is 132 Å². The van der Waals surface area contributed by atoms with Gasteiger partial charge in [0, 0.05) is 38.8 Å². The van der Waals surface area contributed by atoms with E-state index in [4.69, 9.17) is 28.4 Å². The number of hydrogen-bond donors (Lipinski definition) is 1. The van der Waals surface area contributed by atoms with E-state index in [-0.39, 0.29) is 23.1 Å². The monoisotopic (exact) mass is 608 g/mol. The Morgan fingerprint density at radius 1 is 0.886 bits per heavy atom. The molecule has 2 aromatic carbocycles. The molecule has 0 aliphatic carbocycles. The second-order valence-electron chi connectivity index (χ2n) is 10.1. The lowest BCUT2D eigenvalue weighted by Crippen LogP contribution is -2.46. The smallest absolute Gasteiger partial charge is 0.328 e. The Bertz CT molecular complexity index is 1370. The van der Waals surface area contributed by atoms with E-state index in [2.05, 4.69) is 10.3 Å². The van der Waals surface area contributed by atoms with E-state index in [1.54, 1.807) is 21.1 Å². The number of rotatable bonds is 16. The molecule has 4 atom stereocenters. The van der Waals surface area contributed by atoms with Gasteiger partial charge in [-0.2, -0.15) is 0 Å². The summed E-state index contributed by atoms with van der Waals surface area (Å²) in [7, 11) is 4.62. The molecule has 1 heterocycles. The first-order valence-corrected chi connectivity index (χ1v) is 14.2. The molecule has 0 radical (unpaired) electrons. The molecule has 1 amide bonds. The molecule has 1 N–H and O–H groups in total. The van der Waals surface area contributed by atoms with Crippen LogP contribution in [0, 0.1) is 5.92 Å². The first-order chi connectivity index (χ1) is 21.2. The fourth-order valence-electron chi connectivity index (χ4n) is 4.62. The molecule has 0 fully saturated rings. The summed E-state index contributed by atoms with van der Waals surface area (Å²) >= 11 is 0. The lowest BCUT2D eigenvalue weighted by atomic mass is 9.88. The molecular formula is C33H40N2O9. The highest BCUT2D eigenvalue weighted by Crippen LogP contribution is 2.30. The minimum Gasteiger partial charge on any atom is -0.497 e. The fourth-order valence-corrected chi connectivity index (χ4v) is 4.62. The quantitative estimate of drug-likeness (QED) is 0.233. The molecule has 0 saturated carbocycles. The van der Waals surface area contributed by atoms with E-state index < -0.39 is 36.1 Å². The van der Waals surface area contributed by atoms with Crippen LogP contribution in [0.15, 0.2) is 66.9 Å². The van der Waals surface area contributed by atoms with Crippen molar-refractivity contribution >= 4 is 17.8 Å². The first kappa shape index (κ1) is 33.9. The molecule has 0 aliphatic heterocycles. The largest absolute Gasteiger partial charge is 0.497 e. The molecule has 0 bridgehead atoms.